The number of carboxylic acids is 1. The number of amides is 1. The molecule has 2 aromatic heterocycles. The summed E-state index contributed by atoms with van der Waals surface area (Å²) in [6.07, 6.45) is -0.299. The van der Waals surface area contributed by atoms with Gasteiger partial charge in [0.2, 0.25) is 6.79 Å². The lowest BCUT2D eigenvalue weighted by Crippen LogP contribution is -2.30. The van der Waals surface area contributed by atoms with Gasteiger partial charge in [0.05, 0.1) is 23.5 Å². The van der Waals surface area contributed by atoms with Gasteiger partial charge >= 0.3 is 5.97 Å². The number of aromatic amines is 1. The Hall–Kier alpha value is -4.01. The number of carbonyl (C=O) groups excluding carboxylic acids is 1. The second kappa shape index (κ2) is 6.55. The highest BCUT2D eigenvalue weighted by atomic mass is 16.7. The highest BCUT2D eigenvalue weighted by Gasteiger charge is 2.27. The number of carbonyl (C=O) groups is 2. The minimum atomic E-state index is -1.04. The van der Waals surface area contributed by atoms with Crippen LogP contribution in [0, 0.1) is 0 Å². The van der Waals surface area contributed by atoms with E-state index >= 15 is 0 Å². The molecule has 1 aliphatic heterocycles. The van der Waals surface area contributed by atoms with Gasteiger partial charge < -0.3 is 19.9 Å². The predicted molar refractivity (Wildman–Crippen MR) is 102 cm³/mol. The van der Waals surface area contributed by atoms with Crippen LogP contribution in [-0.4, -0.2) is 38.4 Å². The molecule has 9 heteroatoms. The molecule has 1 unspecified atom stereocenters. The fourth-order valence-electron chi connectivity index (χ4n) is 3.53. The zero-order chi connectivity index (χ0) is 20.0. The van der Waals surface area contributed by atoms with E-state index in [4.69, 9.17) is 9.47 Å². The summed E-state index contributed by atoms with van der Waals surface area (Å²) in [5.41, 5.74) is 3.08. The standard InChI is InChI=1S/C20H16N4O5/c25-18(26)9-13(11-4-3-7-16-19(11)29-10-28-16)22-20(27)14-8-17-21-12-5-1-2-6-15(12)24(17)23-14/h1-8,13,23H,9-10H2,(H,22,27)(H,25,26). The summed E-state index contributed by atoms with van der Waals surface area (Å²) >= 11 is 0. The number of imidazole rings is 1. The van der Waals surface area contributed by atoms with E-state index in [1.807, 2.05) is 24.3 Å². The predicted octanol–water partition coefficient (Wildman–Crippen LogP) is 2.49. The van der Waals surface area contributed by atoms with E-state index in [-0.39, 0.29) is 18.9 Å². The Morgan fingerprint density at radius 2 is 2.07 bits per heavy atom. The first kappa shape index (κ1) is 17.1. The van der Waals surface area contributed by atoms with Crippen LogP contribution < -0.4 is 14.8 Å². The zero-order valence-electron chi connectivity index (χ0n) is 15.1. The van der Waals surface area contributed by atoms with Crippen LogP contribution in [-0.2, 0) is 4.79 Å². The molecule has 0 saturated carbocycles. The molecule has 1 aliphatic rings. The maximum absolute atomic E-state index is 12.9. The maximum atomic E-state index is 12.9. The van der Waals surface area contributed by atoms with Gasteiger partial charge in [-0.15, -0.1) is 0 Å². The van der Waals surface area contributed by atoms with Crippen molar-refractivity contribution in [2.24, 2.45) is 0 Å². The molecule has 0 saturated heterocycles. The van der Waals surface area contributed by atoms with Gasteiger partial charge in [0, 0.05) is 11.6 Å². The number of hydrogen-bond donors (Lipinski definition) is 3. The van der Waals surface area contributed by atoms with Crippen molar-refractivity contribution in [3.63, 3.8) is 0 Å². The van der Waals surface area contributed by atoms with Crippen LogP contribution >= 0.6 is 0 Å². The van der Waals surface area contributed by atoms with Gasteiger partial charge in [-0.3, -0.25) is 14.7 Å². The molecule has 3 N–H and O–H groups in total. The molecule has 1 amide bonds. The van der Waals surface area contributed by atoms with E-state index in [1.54, 1.807) is 28.8 Å². The Morgan fingerprint density at radius 1 is 1.21 bits per heavy atom. The summed E-state index contributed by atoms with van der Waals surface area (Å²) in [5, 5.41) is 15.1. The smallest absolute Gasteiger partial charge is 0.305 e. The lowest BCUT2D eigenvalue weighted by atomic mass is 10.0. The lowest BCUT2D eigenvalue weighted by Gasteiger charge is -2.18. The summed E-state index contributed by atoms with van der Waals surface area (Å²) < 4.78 is 12.5. The molecule has 4 aromatic rings. The molecule has 0 bridgehead atoms. The van der Waals surface area contributed by atoms with Gasteiger partial charge in [-0.25, -0.2) is 9.50 Å². The minimum Gasteiger partial charge on any atom is -0.481 e. The third kappa shape index (κ3) is 2.92. The second-order valence-electron chi connectivity index (χ2n) is 6.67. The van der Waals surface area contributed by atoms with E-state index < -0.39 is 17.9 Å². The summed E-state index contributed by atoms with van der Waals surface area (Å²) in [4.78, 5) is 28.7. The van der Waals surface area contributed by atoms with Gasteiger partial charge in [0.25, 0.3) is 5.91 Å². The van der Waals surface area contributed by atoms with Gasteiger partial charge in [0.1, 0.15) is 5.69 Å². The van der Waals surface area contributed by atoms with Crippen LogP contribution in [0.4, 0.5) is 0 Å². The topological polar surface area (TPSA) is 118 Å². The number of aliphatic carboxylic acids is 1. The van der Waals surface area contributed by atoms with Crippen molar-refractivity contribution < 1.29 is 24.2 Å². The van der Waals surface area contributed by atoms with E-state index in [2.05, 4.69) is 15.4 Å². The molecular weight excluding hydrogens is 376 g/mol. The van der Waals surface area contributed by atoms with Gasteiger partial charge in [-0.2, -0.15) is 0 Å². The lowest BCUT2D eigenvalue weighted by molar-refractivity contribution is -0.137. The molecule has 0 spiro atoms. The molecule has 3 heterocycles. The Labute approximate surface area is 163 Å². The van der Waals surface area contributed by atoms with Gasteiger partial charge in [0.15, 0.2) is 17.1 Å². The number of nitrogens with one attached hydrogen (secondary N) is 2. The number of benzene rings is 2. The molecule has 29 heavy (non-hydrogen) atoms. The quantitative estimate of drug-likeness (QED) is 0.480. The molecular formula is C20H16N4O5. The number of aromatic nitrogens is 3. The van der Waals surface area contributed by atoms with Crippen molar-refractivity contribution >= 4 is 28.6 Å². The van der Waals surface area contributed by atoms with E-state index in [0.29, 0.717) is 22.7 Å². The molecule has 0 fully saturated rings. The highest BCUT2D eigenvalue weighted by Crippen LogP contribution is 2.39. The summed E-state index contributed by atoms with van der Waals surface area (Å²) in [7, 11) is 0. The number of hydrogen-bond acceptors (Lipinski definition) is 5. The van der Waals surface area contributed by atoms with E-state index in [0.717, 1.165) is 11.0 Å². The van der Waals surface area contributed by atoms with Gasteiger partial charge in [-0.05, 0) is 18.2 Å². The minimum absolute atomic E-state index is 0.0565. The Kier molecular flexibility index (Phi) is 3.87. The van der Waals surface area contributed by atoms with E-state index in [1.165, 1.54) is 0 Å². The van der Waals surface area contributed by atoms with Crippen molar-refractivity contribution in [1.29, 1.82) is 0 Å². The number of fused-ring (bicyclic) bond motifs is 4. The fourth-order valence-corrected chi connectivity index (χ4v) is 3.53. The zero-order valence-corrected chi connectivity index (χ0v) is 15.1. The third-order valence-corrected chi connectivity index (χ3v) is 4.82. The average molecular weight is 392 g/mol. The second-order valence-corrected chi connectivity index (χ2v) is 6.67. The van der Waals surface area contributed by atoms with Crippen molar-refractivity contribution in [2.75, 3.05) is 6.79 Å². The Morgan fingerprint density at radius 3 is 2.93 bits per heavy atom. The van der Waals surface area contributed by atoms with Crippen LogP contribution in [0.3, 0.4) is 0 Å². The fraction of sp³-hybridized carbons (Fsp3) is 0.150. The molecule has 146 valence electrons. The van der Waals surface area contributed by atoms with Crippen LogP contribution in [0.1, 0.15) is 28.5 Å². The maximum Gasteiger partial charge on any atom is 0.305 e. The monoisotopic (exact) mass is 392 g/mol. The third-order valence-electron chi connectivity index (χ3n) is 4.82. The molecule has 0 radical (unpaired) electrons. The van der Waals surface area contributed by atoms with Crippen LogP contribution in [0.2, 0.25) is 0 Å². The Balaban J connectivity index is 1.47. The Bertz CT molecular complexity index is 1260. The summed E-state index contributed by atoms with van der Waals surface area (Å²) in [6.45, 7) is 0.0565. The first-order valence-corrected chi connectivity index (χ1v) is 8.97. The largest absolute Gasteiger partial charge is 0.481 e. The number of ether oxygens (including phenoxy) is 2. The van der Waals surface area contributed by atoms with Crippen LogP contribution in [0.25, 0.3) is 16.7 Å². The van der Waals surface area contributed by atoms with Crippen LogP contribution in [0.5, 0.6) is 11.5 Å². The van der Waals surface area contributed by atoms with Gasteiger partial charge in [-0.1, -0.05) is 24.3 Å². The number of nitrogens with zero attached hydrogens (tertiary/aromatic N) is 2. The SMILES string of the molecule is O=C(O)CC(NC(=O)c1cc2nc3ccccc3n2[nH]1)c1cccc2c1OCO2. The number of rotatable bonds is 5. The first-order chi connectivity index (χ1) is 14.1. The number of para-hydroxylation sites is 3. The number of H-pyrrole nitrogens is 1. The number of carboxylic acid groups (broad SMARTS) is 1. The normalized spacial score (nSPS) is 13.7. The first-order valence-electron chi connectivity index (χ1n) is 8.97. The van der Waals surface area contributed by atoms with Crippen molar-refractivity contribution in [3.05, 3.63) is 59.8 Å². The van der Waals surface area contributed by atoms with E-state index in [9.17, 15) is 14.7 Å². The molecule has 0 aliphatic carbocycles. The van der Waals surface area contributed by atoms with Crippen molar-refractivity contribution in [2.45, 2.75) is 12.5 Å². The molecule has 2 aromatic carbocycles. The highest BCUT2D eigenvalue weighted by molar-refractivity contribution is 5.95. The van der Waals surface area contributed by atoms with Crippen molar-refractivity contribution in [1.82, 2.24) is 19.9 Å². The summed E-state index contributed by atoms with van der Waals surface area (Å²) in [5.74, 6) is -0.510. The molecule has 5 rings (SSSR count). The van der Waals surface area contributed by atoms with Crippen LogP contribution in [0.15, 0.2) is 48.5 Å². The van der Waals surface area contributed by atoms with Crippen molar-refractivity contribution in [3.8, 4) is 11.5 Å². The average Bonchev–Trinajstić information content (AvgIpc) is 3.40. The summed E-state index contributed by atoms with van der Waals surface area (Å²) in [6, 6.07) is 13.6. The molecule has 1 atom stereocenters. The molecule has 9 nitrogen and oxygen atoms in total.